The van der Waals surface area contributed by atoms with Crippen molar-refractivity contribution in [3.8, 4) is 0 Å². The van der Waals surface area contributed by atoms with Crippen LogP contribution in [0.5, 0.6) is 0 Å². The minimum atomic E-state index is -3.78. The van der Waals surface area contributed by atoms with Crippen molar-refractivity contribution >= 4 is 33.8 Å². The SMILES string of the molecule is CCCCCNC(=O)C(Cc1ccc([C@@H]2CC(=O)NS2(=O)=O)cc1)NC(=O)N[C@@H](Cc1ccccc1)C(=O)OC. The van der Waals surface area contributed by atoms with E-state index in [-0.39, 0.29) is 25.2 Å². The zero-order valence-electron chi connectivity index (χ0n) is 22.6. The maximum Gasteiger partial charge on any atom is 0.328 e. The van der Waals surface area contributed by atoms with E-state index in [4.69, 9.17) is 4.74 Å². The number of rotatable bonds is 13. The van der Waals surface area contributed by atoms with Gasteiger partial charge in [0.2, 0.25) is 21.8 Å². The van der Waals surface area contributed by atoms with Gasteiger partial charge in [0.15, 0.2) is 0 Å². The van der Waals surface area contributed by atoms with Crippen LogP contribution in [0, 0.1) is 0 Å². The predicted octanol–water partition coefficient (Wildman–Crippen LogP) is 1.88. The van der Waals surface area contributed by atoms with Crippen molar-refractivity contribution in [3.63, 3.8) is 0 Å². The zero-order chi connectivity index (χ0) is 29.1. The summed E-state index contributed by atoms with van der Waals surface area (Å²) in [5.41, 5.74) is 1.95. The summed E-state index contributed by atoms with van der Waals surface area (Å²) in [6.07, 6.45) is 2.89. The first kappa shape index (κ1) is 30.6. The van der Waals surface area contributed by atoms with E-state index in [2.05, 4.69) is 22.9 Å². The Kier molecular flexibility index (Phi) is 11.1. The van der Waals surface area contributed by atoms with E-state index in [1.54, 1.807) is 24.3 Å². The number of hydrogen-bond donors (Lipinski definition) is 4. The molecule has 2 aromatic rings. The lowest BCUT2D eigenvalue weighted by Crippen LogP contribution is -2.54. The molecule has 2 aromatic carbocycles. The first-order valence-corrected chi connectivity index (χ1v) is 14.8. The van der Waals surface area contributed by atoms with E-state index >= 15 is 0 Å². The molecule has 1 aliphatic heterocycles. The average molecular weight is 573 g/mol. The summed E-state index contributed by atoms with van der Waals surface area (Å²) in [5.74, 6) is -1.56. The van der Waals surface area contributed by atoms with E-state index in [0.717, 1.165) is 24.8 Å². The fraction of sp³-hybridized carbons (Fsp3) is 0.429. The van der Waals surface area contributed by atoms with Gasteiger partial charge in [-0.25, -0.2) is 18.0 Å². The first-order chi connectivity index (χ1) is 19.1. The van der Waals surface area contributed by atoms with Crippen LogP contribution in [0.4, 0.5) is 4.79 Å². The Bertz CT molecular complexity index is 1280. The van der Waals surface area contributed by atoms with Crippen LogP contribution in [0.25, 0.3) is 0 Å². The number of nitrogens with one attached hydrogen (secondary N) is 4. The van der Waals surface area contributed by atoms with E-state index in [1.165, 1.54) is 7.11 Å². The molecule has 1 saturated heterocycles. The number of carbonyl (C=O) groups is 4. The van der Waals surface area contributed by atoms with Gasteiger partial charge in [-0.1, -0.05) is 74.4 Å². The van der Waals surface area contributed by atoms with Crippen LogP contribution in [0.3, 0.4) is 0 Å². The molecular formula is C28H36N4O7S. The number of methoxy groups -OCH3 is 1. The van der Waals surface area contributed by atoms with Gasteiger partial charge in [-0.3, -0.25) is 14.3 Å². The van der Waals surface area contributed by atoms with Crippen LogP contribution in [0.1, 0.15) is 54.5 Å². The van der Waals surface area contributed by atoms with Gasteiger partial charge >= 0.3 is 12.0 Å². The number of benzene rings is 2. The van der Waals surface area contributed by atoms with Gasteiger partial charge < -0.3 is 20.7 Å². The van der Waals surface area contributed by atoms with Crippen molar-refractivity contribution in [1.29, 1.82) is 0 Å². The molecule has 0 bridgehead atoms. The quantitative estimate of drug-likeness (QED) is 0.211. The fourth-order valence-corrected chi connectivity index (χ4v) is 5.84. The lowest BCUT2D eigenvalue weighted by molar-refractivity contribution is -0.142. The molecule has 3 rings (SSSR count). The number of unbranched alkanes of at least 4 members (excludes halogenated alkanes) is 2. The maximum atomic E-state index is 13.0. The van der Waals surface area contributed by atoms with Crippen molar-refractivity contribution in [1.82, 2.24) is 20.7 Å². The Labute approximate surface area is 234 Å². The Morgan fingerprint density at radius 2 is 1.57 bits per heavy atom. The first-order valence-electron chi connectivity index (χ1n) is 13.2. The van der Waals surface area contributed by atoms with Crippen LogP contribution in [-0.2, 0) is 42.0 Å². The highest BCUT2D eigenvalue weighted by molar-refractivity contribution is 7.90. The normalized spacial score (nSPS) is 17.2. The molecule has 12 heteroatoms. The second kappa shape index (κ2) is 14.5. The number of ether oxygens (including phenoxy) is 1. The molecule has 0 aliphatic carbocycles. The summed E-state index contributed by atoms with van der Waals surface area (Å²) in [4.78, 5) is 50.0. The summed E-state index contributed by atoms with van der Waals surface area (Å²) in [6, 6.07) is 13.0. The van der Waals surface area contributed by atoms with Gasteiger partial charge in [0.1, 0.15) is 17.3 Å². The molecule has 1 heterocycles. The molecular weight excluding hydrogens is 536 g/mol. The molecule has 40 heavy (non-hydrogen) atoms. The lowest BCUT2D eigenvalue weighted by atomic mass is 10.0. The second-order valence-corrected chi connectivity index (χ2v) is 11.5. The Balaban J connectivity index is 1.72. The molecule has 1 unspecified atom stereocenters. The fourth-order valence-electron chi connectivity index (χ4n) is 4.41. The minimum absolute atomic E-state index is 0.115. The number of esters is 1. The van der Waals surface area contributed by atoms with Crippen LogP contribution >= 0.6 is 0 Å². The molecule has 1 fully saturated rings. The number of sulfonamides is 1. The van der Waals surface area contributed by atoms with Gasteiger partial charge in [0, 0.05) is 19.4 Å². The van der Waals surface area contributed by atoms with Gasteiger partial charge in [-0.15, -0.1) is 0 Å². The van der Waals surface area contributed by atoms with Gasteiger partial charge in [-0.05, 0) is 23.1 Å². The predicted molar refractivity (Wildman–Crippen MR) is 149 cm³/mol. The number of hydrogen-bond acceptors (Lipinski definition) is 7. The highest BCUT2D eigenvalue weighted by Crippen LogP contribution is 2.30. The van der Waals surface area contributed by atoms with Crippen LogP contribution in [0.15, 0.2) is 54.6 Å². The highest BCUT2D eigenvalue weighted by atomic mass is 32.2. The van der Waals surface area contributed by atoms with Crippen molar-refractivity contribution in [2.75, 3.05) is 13.7 Å². The van der Waals surface area contributed by atoms with Crippen LogP contribution in [0.2, 0.25) is 0 Å². The molecule has 0 aromatic heterocycles. The molecule has 4 amide bonds. The molecule has 11 nitrogen and oxygen atoms in total. The van der Waals surface area contributed by atoms with Gasteiger partial charge in [0.05, 0.1) is 13.5 Å². The zero-order valence-corrected chi connectivity index (χ0v) is 23.5. The van der Waals surface area contributed by atoms with E-state index in [1.807, 2.05) is 35.1 Å². The molecule has 0 spiro atoms. The summed E-state index contributed by atoms with van der Waals surface area (Å²) in [5, 5.41) is 7.15. The van der Waals surface area contributed by atoms with E-state index < -0.39 is 45.3 Å². The largest absolute Gasteiger partial charge is 0.467 e. The third-order valence-electron chi connectivity index (χ3n) is 6.57. The van der Waals surface area contributed by atoms with Crippen LogP contribution in [-0.4, -0.2) is 58.0 Å². The van der Waals surface area contributed by atoms with Crippen molar-refractivity contribution in [2.24, 2.45) is 0 Å². The summed E-state index contributed by atoms with van der Waals surface area (Å²) >= 11 is 0. The lowest BCUT2D eigenvalue weighted by Gasteiger charge is -2.22. The summed E-state index contributed by atoms with van der Waals surface area (Å²) < 4.78 is 31.2. The number of carbonyl (C=O) groups excluding carboxylic acids is 4. The topological polar surface area (TPSA) is 160 Å². The third-order valence-corrected chi connectivity index (χ3v) is 8.27. The van der Waals surface area contributed by atoms with E-state index in [9.17, 15) is 27.6 Å². The third kappa shape index (κ3) is 8.80. The van der Waals surface area contributed by atoms with Crippen LogP contribution < -0.4 is 20.7 Å². The Morgan fingerprint density at radius 3 is 2.17 bits per heavy atom. The van der Waals surface area contributed by atoms with E-state index in [0.29, 0.717) is 17.7 Å². The Morgan fingerprint density at radius 1 is 0.950 bits per heavy atom. The molecule has 1 aliphatic rings. The molecule has 3 atom stereocenters. The minimum Gasteiger partial charge on any atom is -0.467 e. The Hall–Kier alpha value is -3.93. The van der Waals surface area contributed by atoms with Crippen molar-refractivity contribution in [3.05, 3.63) is 71.3 Å². The second-order valence-electron chi connectivity index (χ2n) is 9.64. The standard InChI is InChI=1S/C28H36N4O7S/c1-3-4-8-15-29-26(34)22(16-20-11-13-21(14-12-20)24-18-25(33)32-40(24,37)38)30-28(36)31-23(27(35)39-2)17-19-9-6-5-7-10-19/h5-7,9-14,22-24H,3-4,8,15-18H2,1-2H3,(H,29,34)(H,32,33)(H2,30,31,36)/t22?,23-,24-/m0/s1. The smallest absolute Gasteiger partial charge is 0.328 e. The summed E-state index contributed by atoms with van der Waals surface area (Å²) in [7, 11) is -2.54. The molecule has 216 valence electrons. The molecule has 0 radical (unpaired) electrons. The molecule has 4 N–H and O–H groups in total. The maximum absolute atomic E-state index is 13.0. The van der Waals surface area contributed by atoms with Gasteiger partial charge in [0.25, 0.3) is 0 Å². The number of amides is 4. The average Bonchev–Trinajstić information content (AvgIpc) is 3.22. The van der Waals surface area contributed by atoms with Gasteiger partial charge in [-0.2, -0.15) is 0 Å². The summed E-state index contributed by atoms with van der Waals surface area (Å²) in [6.45, 7) is 2.50. The highest BCUT2D eigenvalue weighted by Gasteiger charge is 2.37. The number of urea groups is 1. The van der Waals surface area contributed by atoms with Crippen molar-refractivity contribution in [2.45, 2.75) is 62.8 Å². The molecule has 0 saturated carbocycles. The monoisotopic (exact) mass is 572 g/mol. The van der Waals surface area contributed by atoms with Crippen molar-refractivity contribution < 1.29 is 32.3 Å².